The lowest BCUT2D eigenvalue weighted by Crippen LogP contribution is -2.41. The van der Waals surface area contributed by atoms with Crippen LogP contribution in [0.25, 0.3) is 6.08 Å². The monoisotopic (exact) mass is 274 g/mol. The molecule has 5 heteroatoms. The Balaban J connectivity index is 2.10. The van der Waals surface area contributed by atoms with Crippen molar-refractivity contribution in [2.45, 2.75) is 52.4 Å². The van der Waals surface area contributed by atoms with Crippen LogP contribution in [-0.4, -0.2) is 23.3 Å². The van der Waals surface area contributed by atoms with E-state index >= 15 is 0 Å². The summed E-state index contributed by atoms with van der Waals surface area (Å²) in [6.07, 6.45) is 3.74. The first-order chi connectivity index (χ1) is 9.25. The molecule has 0 aromatic carbocycles. The summed E-state index contributed by atoms with van der Waals surface area (Å²) in [5.41, 5.74) is 8.11. The number of nitrogens with zero attached hydrogens (tertiary/aromatic N) is 1. The zero-order valence-corrected chi connectivity index (χ0v) is 12.9. The fraction of sp³-hybridized carbons (Fsp3) is 0.533. The van der Waals surface area contributed by atoms with Gasteiger partial charge in [-0.3, -0.25) is 4.98 Å². The van der Waals surface area contributed by atoms with E-state index in [1.807, 2.05) is 58.9 Å². The molecule has 2 heterocycles. The first-order valence-electron chi connectivity index (χ1n) is 6.94. The van der Waals surface area contributed by atoms with Gasteiger partial charge in [0.15, 0.2) is 0 Å². The molecule has 108 valence electrons. The quantitative estimate of drug-likeness (QED) is 0.860. The average molecular weight is 274 g/mol. The first kappa shape index (κ1) is 15.2. The normalized spacial score (nSPS) is 20.8. The number of rotatable bonds is 3. The number of nitrogens with two attached hydrogens (primary N) is 1. The lowest BCUT2D eigenvalue weighted by atomic mass is 9.89. The maximum atomic E-state index is 5.90. The minimum absolute atomic E-state index is 0.311. The molecule has 0 bridgehead atoms. The van der Waals surface area contributed by atoms with Crippen molar-refractivity contribution >= 4 is 13.2 Å². The Morgan fingerprint density at radius 2 is 1.85 bits per heavy atom. The Morgan fingerprint density at radius 3 is 2.35 bits per heavy atom. The van der Waals surface area contributed by atoms with Crippen LogP contribution >= 0.6 is 0 Å². The number of hydrogen-bond acceptors (Lipinski definition) is 4. The fourth-order valence-electron chi connectivity index (χ4n) is 2.06. The molecule has 0 radical (unpaired) electrons. The topological polar surface area (TPSA) is 57.4 Å². The fourth-order valence-corrected chi connectivity index (χ4v) is 2.06. The molecule has 1 saturated heterocycles. The van der Waals surface area contributed by atoms with Gasteiger partial charge in [-0.1, -0.05) is 5.98 Å². The summed E-state index contributed by atoms with van der Waals surface area (Å²) in [6.45, 7) is 10.7. The Labute approximate surface area is 121 Å². The van der Waals surface area contributed by atoms with Crippen LogP contribution in [-0.2, 0) is 15.9 Å². The van der Waals surface area contributed by atoms with Gasteiger partial charge in [0.2, 0.25) is 0 Å². The molecule has 4 nitrogen and oxygen atoms in total. The van der Waals surface area contributed by atoms with Gasteiger partial charge in [0.05, 0.1) is 16.9 Å². The van der Waals surface area contributed by atoms with E-state index in [4.69, 9.17) is 15.0 Å². The highest BCUT2D eigenvalue weighted by molar-refractivity contribution is 6.52. The van der Waals surface area contributed by atoms with Crippen molar-refractivity contribution in [1.82, 2.24) is 4.98 Å². The molecule has 0 atom stereocenters. The molecular formula is C15H23BN2O2. The minimum Gasteiger partial charge on any atom is -0.400 e. The molecule has 1 aromatic heterocycles. The van der Waals surface area contributed by atoms with E-state index in [9.17, 15) is 0 Å². The highest BCUT2D eigenvalue weighted by atomic mass is 16.7. The summed E-state index contributed by atoms with van der Waals surface area (Å²) < 4.78 is 11.8. The summed E-state index contributed by atoms with van der Waals surface area (Å²) >= 11 is 0. The molecular weight excluding hydrogens is 251 g/mol. The van der Waals surface area contributed by atoms with Gasteiger partial charge >= 0.3 is 7.12 Å². The van der Waals surface area contributed by atoms with Crippen LogP contribution in [0.3, 0.4) is 0 Å². The third kappa shape index (κ3) is 2.95. The molecule has 2 N–H and O–H groups in total. The third-order valence-electron chi connectivity index (χ3n) is 4.16. The van der Waals surface area contributed by atoms with Gasteiger partial charge in [-0.15, -0.1) is 0 Å². The molecule has 1 aliphatic rings. The van der Waals surface area contributed by atoms with Crippen LogP contribution in [0.1, 0.15) is 44.5 Å². The van der Waals surface area contributed by atoms with Crippen LogP contribution in [0.4, 0.5) is 0 Å². The number of pyridine rings is 1. The van der Waals surface area contributed by atoms with Crippen molar-refractivity contribution in [3.05, 3.63) is 35.1 Å². The van der Waals surface area contributed by atoms with Crippen molar-refractivity contribution in [1.29, 1.82) is 0 Å². The Morgan fingerprint density at radius 1 is 1.25 bits per heavy atom. The molecule has 0 amide bonds. The molecule has 1 aromatic rings. The van der Waals surface area contributed by atoms with E-state index in [1.165, 1.54) is 0 Å². The molecule has 2 rings (SSSR count). The summed E-state index contributed by atoms with van der Waals surface area (Å²) in [5, 5.41) is 0. The molecule has 0 spiro atoms. The van der Waals surface area contributed by atoms with Gasteiger partial charge in [-0.05, 0) is 57.9 Å². The van der Waals surface area contributed by atoms with Gasteiger partial charge in [0.1, 0.15) is 0 Å². The van der Waals surface area contributed by atoms with Crippen molar-refractivity contribution in [3.63, 3.8) is 0 Å². The molecule has 1 aliphatic heterocycles. The maximum absolute atomic E-state index is 5.90. The van der Waals surface area contributed by atoms with Crippen molar-refractivity contribution in [2.75, 3.05) is 0 Å². The molecule has 20 heavy (non-hydrogen) atoms. The zero-order valence-electron chi connectivity index (χ0n) is 12.9. The van der Waals surface area contributed by atoms with Gasteiger partial charge < -0.3 is 15.0 Å². The average Bonchev–Trinajstić information content (AvgIpc) is 2.55. The van der Waals surface area contributed by atoms with Crippen molar-refractivity contribution in [3.8, 4) is 0 Å². The zero-order chi connectivity index (χ0) is 15.0. The Bertz CT molecular complexity index is 511. The lowest BCUT2D eigenvalue weighted by molar-refractivity contribution is 0.00578. The summed E-state index contributed by atoms with van der Waals surface area (Å²) in [5.74, 6) is 1.90. The lowest BCUT2D eigenvalue weighted by Gasteiger charge is -2.32. The van der Waals surface area contributed by atoms with Gasteiger partial charge in [-0.25, -0.2) is 0 Å². The summed E-state index contributed by atoms with van der Waals surface area (Å²) in [7, 11) is -0.337. The SMILES string of the molecule is Cc1cc(/C=C/B2OC(C)(C)C(C)(C)O2)ncc1CN. The molecule has 0 unspecified atom stereocenters. The van der Waals surface area contributed by atoms with E-state index < -0.39 is 0 Å². The standard InChI is InChI=1S/C15H23BN2O2/c1-11-8-13(18-10-12(11)9-17)6-7-16-19-14(2,3)15(4,5)20-16/h6-8,10H,9,17H2,1-5H3/b7-6+. The van der Waals surface area contributed by atoms with E-state index in [-0.39, 0.29) is 18.3 Å². The highest BCUT2D eigenvalue weighted by Crippen LogP contribution is 2.36. The second kappa shape index (κ2) is 5.32. The van der Waals surface area contributed by atoms with E-state index in [0.717, 1.165) is 16.8 Å². The Hall–Kier alpha value is -1.17. The third-order valence-corrected chi connectivity index (χ3v) is 4.16. The van der Waals surface area contributed by atoms with E-state index in [2.05, 4.69) is 4.98 Å². The molecule has 1 fully saturated rings. The summed E-state index contributed by atoms with van der Waals surface area (Å²) in [6, 6.07) is 2.02. The largest absolute Gasteiger partial charge is 0.487 e. The van der Waals surface area contributed by atoms with Crippen LogP contribution in [0.15, 0.2) is 18.2 Å². The predicted molar refractivity (Wildman–Crippen MR) is 82.0 cm³/mol. The van der Waals surface area contributed by atoms with Gasteiger partial charge in [0.25, 0.3) is 0 Å². The van der Waals surface area contributed by atoms with E-state index in [0.29, 0.717) is 6.54 Å². The van der Waals surface area contributed by atoms with Crippen LogP contribution in [0.2, 0.25) is 0 Å². The van der Waals surface area contributed by atoms with Gasteiger partial charge in [0, 0.05) is 12.7 Å². The minimum atomic E-state index is -0.337. The summed E-state index contributed by atoms with van der Waals surface area (Å²) in [4.78, 5) is 4.37. The van der Waals surface area contributed by atoms with Gasteiger partial charge in [-0.2, -0.15) is 0 Å². The number of aryl methyl sites for hydroxylation is 1. The smallest absolute Gasteiger partial charge is 0.400 e. The second-order valence-corrected chi connectivity index (χ2v) is 6.22. The predicted octanol–water partition coefficient (Wildman–Crippen LogP) is 2.49. The maximum Gasteiger partial charge on any atom is 0.487 e. The molecule has 0 aliphatic carbocycles. The first-order valence-corrected chi connectivity index (χ1v) is 6.94. The number of aromatic nitrogens is 1. The van der Waals surface area contributed by atoms with Crippen LogP contribution in [0, 0.1) is 6.92 Å². The molecule has 0 saturated carbocycles. The second-order valence-electron chi connectivity index (χ2n) is 6.22. The van der Waals surface area contributed by atoms with E-state index in [1.54, 1.807) is 0 Å². The number of hydrogen-bond donors (Lipinski definition) is 1. The van der Waals surface area contributed by atoms with Crippen LogP contribution in [0.5, 0.6) is 0 Å². The van der Waals surface area contributed by atoms with Crippen molar-refractivity contribution in [2.24, 2.45) is 5.73 Å². The van der Waals surface area contributed by atoms with Crippen LogP contribution < -0.4 is 5.73 Å². The Kier molecular flexibility index (Phi) is 4.05. The highest BCUT2D eigenvalue weighted by Gasteiger charge is 2.49. The van der Waals surface area contributed by atoms with Crippen molar-refractivity contribution < 1.29 is 9.31 Å².